The fraction of sp³-hybridized carbons (Fsp3) is 0. The van der Waals surface area contributed by atoms with E-state index in [0.717, 1.165) is 43.8 Å². The van der Waals surface area contributed by atoms with E-state index in [4.69, 9.17) is 2.74 Å². The van der Waals surface area contributed by atoms with Crippen LogP contribution in [0.2, 0.25) is 0 Å². The van der Waals surface area contributed by atoms with Gasteiger partial charge >= 0.3 is 0 Å². The van der Waals surface area contributed by atoms with Crippen molar-refractivity contribution in [2.24, 2.45) is 0 Å². The third kappa shape index (κ3) is 6.07. The van der Waals surface area contributed by atoms with Crippen LogP contribution in [0.3, 0.4) is 0 Å². The van der Waals surface area contributed by atoms with Crippen LogP contribution in [0.15, 0.2) is 212 Å². The quantitative estimate of drug-likeness (QED) is 0.165. The van der Waals surface area contributed by atoms with Gasteiger partial charge in [-0.3, -0.25) is 0 Å². The summed E-state index contributed by atoms with van der Waals surface area (Å²) < 4.78 is 74.9. The Labute approximate surface area is 310 Å². The highest BCUT2D eigenvalue weighted by Crippen LogP contribution is 2.39. The van der Waals surface area contributed by atoms with Crippen molar-refractivity contribution in [1.29, 1.82) is 0 Å². The maximum Gasteiger partial charge on any atom is 0.0651 e. The Morgan fingerprint density at radius 2 is 0.922 bits per heavy atom. The first-order valence-electron chi connectivity index (χ1n) is 20.9. The normalized spacial score (nSPS) is 13.3. The van der Waals surface area contributed by atoms with Crippen LogP contribution in [0.1, 0.15) is 11.0 Å². The Morgan fingerprint density at radius 1 is 0.333 bits per heavy atom. The molecule has 1 heteroatoms. The number of fused-ring (bicyclic) bond motifs is 2. The minimum Gasteiger partial charge on any atom is -0.310 e. The van der Waals surface area contributed by atoms with E-state index in [1.165, 1.54) is 4.90 Å². The summed E-state index contributed by atoms with van der Waals surface area (Å²) in [5, 5.41) is 3.50. The second kappa shape index (κ2) is 13.3. The molecule has 0 aromatic heterocycles. The van der Waals surface area contributed by atoms with E-state index in [9.17, 15) is 8.22 Å². The summed E-state index contributed by atoms with van der Waals surface area (Å²) in [7, 11) is 0. The highest BCUT2D eigenvalue weighted by atomic mass is 15.1. The predicted molar refractivity (Wildman–Crippen MR) is 218 cm³/mol. The molecule has 9 aromatic rings. The molecule has 0 fully saturated rings. The van der Waals surface area contributed by atoms with Gasteiger partial charge in [0, 0.05) is 17.1 Å². The van der Waals surface area contributed by atoms with Crippen molar-refractivity contribution < 1.29 is 11.0 Å². The lowest BCUT2D eigenvalue weighted by molar-refractivity contribution is 1.28. The van der Waals surface area contributed by atoms with Gasteiger partial charge < -0.3 is 4.90 Å². The third-order valence-corrected chi connectivity index (χ3v) is 9.22. The molecule has 0 N–H and O–H groups in total. The molecule has 0 spiro atoms. The van der Waals surface area contributed by atoms with Crippen LogP contribution in [0.5, 0.6) is 0 Å². The molecular formula is C50H35N. The van der Waals surface area contributed by atoms with Crippen LogP contribution >= 0.6 is 0 Å². The van der Waals surface area contributed by atoms with Crippen molar-refractivity contribution in [3.8, 4) is 44.5 Å². The first-order chi connectivity index (χ1) is 28.6. The van der Waals surface area contributed by atoms with Crippen molar-refractivity contribution >= 4 is 38.6 Å². The maximum atomic E-state index is 9.76. The summed E-state index contributed by atoms with van der Waals surface area (Å²) in [6, 6.07) is 49.2. The van der Waals surface area contributed by atoms with Crippen LogP contribution in [0, 0.1) is 0 Å². The molecule has 0 saturated heterocycles. The summed E-state index contributed by atoms with van der Waals surface area (Å²) in [4.78, 5) is 1.39. The van der Waals surface area contributed by atoms with Gasteiger partial charge in [-0.2, -0.15) is 0 Å². The van der Waals surface area contributed by atoms with Crippen molar-refractivity contribution in [2.75, 3.05) is 4.90 Å². The van der Waals surface area contributed by atoms with E-state index in [2.05, 4.69) is 24.3 Å². The average molecular weight is 658 g/mol. The molecule has 0 heterocycles. The molecule has 0 aliphatic carbocycles. The van der Waals surface area contributed by atoms with Crippen LogP contribution in [-0.4, -0.2) is 0 Å². The van der Waals surface area contributed by atoms with Gasteiger partial charge in [-0.05, 0) is 108 Å². The van der Waals surface area contributed by atoms with E-state index in [1.807, 2.05) is 115 Å². The average Bonchev–Trinajstić information content (AvgIpc) is 3.28. The summed E-state index contributed by atoms with van der Waals surface area (Å²) in [6.45, 7) is 0. The second-order valence-corrected chi connectivity index (χ2v) is 12.4. The van der Waals surface area contributed by atoms with E-state index in [0.29, 0.717) is 16.8 Å². The minimum absolute atomic E-state index is 0.125. The van der Waals surface area contributed by atoms with Gasteiger partial charge in [0.25, 0.3) is 0 Å². The second-order valence-electron chi connectivity index (χ2n) is 12.4. The smallest absolute Gasteiger partial charge is 0.0651 e. The lowest BCUT2D eigenvalue weighted by Gasteiger charge is -2.26. The number of benzene rings is 9. The zero-order valence-electron chi connectivity index (χ0n) is 35.5. The third-order valence-electron chi connectivity index (χ3n) is 9.22. The first kappa shape index (κ1) is 22.8. The zero-order chi connectivity index (χ0) is 40.9. The molecule has 1 nitrogen and oxygen atoms in total. The molecule has 0 atom stereocenters. The van der Waals surface area contributed by atoms with Gasteiger partial charge in [0.05, 0.1) is 11.0 Å². The van der Waals surface area contributed by atoms with Crippen molar-refractivity contribution in [3.63, 3.8) is 0 Å². The van der Waals surface area contributed by atoms with Crippen molar-refractivity contribution in [3.05, 3.63) is 212 Å². The number of hydrogen-bond donors (Lipinski definition) is 0. The van der Waals surface area contributed by atoms with Crippen LogP contribution in [0.25, 0.3) is 66.1 Å². The Morgan fingerprint density at radius 3 is 1.67 bits per heavy atom. The molecule has 9 aromatic carbocycles. The molecule has 0 saturated carbocycles. The van der Waals surface area contributed by atoms with Gasteiger partial charge in [0.1, 0.15) is 0 Å². The molecule has 0 amide bonds. The summed E-state index contributed by atoms with van der Waals surface area (Å²) in [6.07, 6.45) is 0. The zero-order valence-corrected chi connectivity index (χ0v) is 27.5. The fourth-order valence-electron chi connectivity index (χ4n) is 6.59. The Hall–Kier alpha value is -6.70. The number of anilines is 3. The van der Waals surface area contributed by atoms with Crippen LogP contribution in [-0.2, 0) is 0 Å². The Balaban J connectivity index is 1.26. The van der Waals surface area contributed by atoms with Crippen LogP contribution in [0.4, 0.5) is 17.1 Å². The van der Waals surface area contributed by atoms with Gasteiger partial charge in [-0.25, -0.2) is 0 Å². The fourth-order valence-corrected chi connectivity index (χ4v) is 6.59. The van der Waals surface area contributed by atoms with Gasteiger partial charge in [0.2, 0.25) is 0 Å². The lowest BCUT2D eigenvalue weighted by atomic mass is 9.97. The molecule has 0 bridgehead atoms. The number of hydrogen-bond acceptors (Lipinski definition) is 1. The highest BCUT2D eigenvalue weighted by Gasteiger charge is 2.15. The van der Waals surface area contributed by atoms with E-state index in [-0.39, 0.29) is 58.8 Å². The van der Waals surface area contributed by atoms with Crippen molar-refractivity contribution in [2.45, 2.75) is 0 Å². The standard InChI is InChI=1S/C50H35N/c1-2-10-36(11-3-1)38-20-22-39(23-21-38)40-26-30-46(31-27-40)51(47-32-28-41(29-33-47)44-25-24-37-12-4-5-14-43(37)34-44)48-17-8-16-45(35-48)50-19-9-15-42-13-6-7-18-49(42)50/h1-35H/i8D,16D,17D,28D,29D,32D,33D,35D. The molecule has 0 aliphatic heterocycles. The maximum absolute atomic E-state index is 9.76. The molecule has 9 rings (SSSR count). The molecule has 0 unspecified atom stereocenters. The topological polar surface area (TPSA) is 3.24 Å². The molecular weight excluding hydrogens is 615 g/mol. The monoisotopic (exact) mass is 657 g/mol. The minimum atomic E-state index is -0.444. The molecule has 240 valence electrons. The Kier molecular flexibility index (Phi) is 5.96. The Bertz CT molecular complexity index is 3040. The predicted octanol–water partition coefficient (Wildman–Crippen LogP) is 14.1. The van der Waals surface area contributed by atoms with E-state index >= 15 is 0 Å². The largest absolute Gasteiger partial charge is 0.310 e. The first-order valence-corrected chi connectivity index (χ1v) is 16.9. The summed E-state index contributed by atoms with van der Waals surface area (Å²) >= 11 is 0. The highest BCUT2D eigenvalue weighted by molar-refractivity contribution is 5.97. The molecule has 0 radical (unpaired) electrons. The number of rotatable bonds is 7. The van der Waals surface area contributed by atoms with Gasteiger partial charge in [-0.15, -0.1) is 0 Å². The van der Waals surface area contributed by atoms with Gasteiger partial charge in [0.15, 0.2) is 0 Å². The summed E-state index contributed by atoms with van der Waals surface area (Å²) in [5.41, 5.74) is 5.35. The van der Waals surface area contributed by atoms with Gasteiger partial charge in [-0.1, -0.05) is 170 Å². The lowest BCUT2D eigenvalue weighted by Crippen LogP contribution is -2.10. The summed E-state index contributed by atoms with van der Waals surface area (Å²) in [5.74, 6) is 0. The molecule has 51 heavy (non-hydrogen) atoms. The van der Waals surface area contributed by atoms with E-state index in [1.54, 1.807) is 24.3 Å². The van der Waals surface area contributed by atoms with Crippen molar-refractivity contribution in [1.82, 2.24) is 0 Å². The number of nitrogens with zero attached hydrogens (tertiary/aromatic N) is 1. The SMILES string of the molecule is [2H]c1c([2H])c(-c2cccc3ccccc23)c([2H])c(N(c2ccc(-c3ccc(-c4ccccc4)cc3)cc2)c2c([2H])c([2H])c(-c3ccc4ccccc4c3)c([2H])c2[2H])c1[2H]. The van der Waals surface area contributed by atoms with Crippen LogP contribution < -0.4 is 4.90 Å². The van der Waals surface area contributed by atoms with E-state index < -0.39 is 12.1 Å². The molecule has 0 aliphatic rings.